The number of pyridine rings is 1. The van der Waals surface area contributed by atoms with E-state index in [0.29, 0.717) is 29.4 Å². The number of anilines is 1. The van der Waals surface area contributed by atoms with E-state index >= 15 is 0 Å². The van der Waals surface area contributed by atoms with E-state index in [0.717, 1.165) is 12.8 Å². The first-order valence-electron chi connectivity index (χ1n) is 6.96. The van der Waals surface area contributed by atoms with Crippen LogP contribution < -0.4 is 15.8 Å². The Morgan fingerprint density at radius 3 is 2.71 bits per heavy atom. The van der Waals surface area contributed by atoms with Gasteiger partial charge in [0.2, 0.25) is 0 Å². The lowest BCUT2D eigenvalue weighted by Gasteiger charge is -2.08. The smallest absolute Gasteiger partial charge is 0.270 e. The average molecular weight is 285 g/mol. The zero-order valence-corrected chi connectivity index (χ0v) is 12.0. The minimum atomic E-state index is -0.189. The number of rotatable bonds is 6. The van der Waals surface area contributed by atoms with Crippen LogP contribution >= 0.6 is 0 Å². The Kier molecular flexibility index (Phi) is 5.15. The van der Waals surface area contributed by atoms with E-state index in [4.69, 9.17) is 10.5 Å². The second-order valence-corrected chi connectivity index (χ2v) is 4.66. The molecule has 0 saturated heterocycles. The number of carbonyl (C=O) groups is 1. The molecule has 0 saturated carbocycles. The van der Waals surface area contributed by atoms with Crippen LogP contribution in [0.4, 0.5) is 5.69 Å². The number of nitrogens with one attached hydrogen (secondary N) is 1. The summed E-state index contributed by atoms with van der Waals surface area (Å²) in [4.78, 5) is 16.0. The van der Waals surface area contributed by atoms with Crippen LogP contribution in [0.3, 0.4) is 0 Å². The van der Waals surface area contributed by atoms with Gasteiger partial charge in [-0.15, -0.1) is 0 Å². The molecule has 2 rings (SSSR count). The van der Waals surface area contributed by atoms with E-state index < -0.39 is 0 Å². The fourth-order valence-corrected chi connectivity index (χ4v) is 1.74. The minimum Gasteiger partial charge on any atom is -0.457 e. The van der Waals surface area contributed by atoms with E-state index in [1.807, 2.05) is 0 Å². The predicted octanol–water partition coefficient (Wildman–Crippen LogP) is 2.99. The van der Waals surface area contributed by atoms with Gasteiger partial charge in [-0.25, -0.2) is 0 Å². The van der Waals surface area contributed by atoms with Crippen LogP contribution in [0.25, 0.3) is 0 Å². The maximum atomic E-state index is 11.9. The molecular formula is C16H19N3O2. The van der Waals surface area contributed by atoms with Gasteiger partial charge in [0, 0.05) is 24.5 Å². The molecule has 1 heterocycles. The van der Waals surface area contributed by atoms with Crippen molar-refractivity contribution in [2.24, 2.45) is 0 Å². The number of nitrogens with zero attached hydrogens (tertiary/aromatic N) is 1. The molecule has 0 fully saturated rings. The molecule has 21 heavy (non-hydrogen) atoms. The van der Waals surface area contributed by atoms with E-state index in [1.54, 1.807) is 42.6 Å². The topological polar surface area (TPSA) is 77.2 Å². The third-order valence-corrected chi connectivity index (χ3v) is 2.90. The normalized spacial score (nSPS) is 10.1. The fourth-order valence-electron chi connectivity index (χ4n) is 1.74. The molecule has 0 aliphatic heterocycles. The highest BCUT2D eigenvalue weighted by Crippen LogP contribution is 2.22. The molecule has 0 aliphatic rings. The lowest BCUT2D eigenvalue weighted by molar-refractivity contribution is 0.0948. The maximum absolute atomic E-state index is 11.9. The molecule has 1 aromatic heterocycles. The quantitative estimate of drug-likeness (QED) is 0.632. The van der Waals surface area contributed by atoms with Gasteiger partial charge in [-0.2, -0.15) is 0 Å². The number of nitrogen functional groups attached to an aromatic ring is 1. The summed E-state index contributed by atoms with van der Waals surface area (Å²) in [5, 5.41) is 2.82. The van der Waals surface area contributed by atoms with Gasteiger partial charge >= 0.3 is 0 Å². The zero-order valence-electron chi connectivity index (χ0n) is 12.0. The van der Waals surface area contributed by atoms with Crippen molar-refractivity contribution in [3.05, 3.63) is 48.3 Å². The third kappa shape index (κ3) is 4.49. The molecule has 110 valence electrons. The number of hydrogen-bond acceptors (Lipinski definition) is 4. The molecule has 0 radical (unpaired) electrons. The van der Waals surface area contributed by atoms with Crippen LogP contribution in [0, 0.1) is 0 Å². The molecule has 2 aromatic rings. The van der Waals surface area contributed by atoms with Crippen molar-refractivity contribution >= 4 is 11.6 Å². The second-order valence-electron chi connectivity index (χ2n) is 4.66. The summed E-state index contributed by atoms with van der Waals surface area (Å²) in [6.45, 7) is 2.73. The van der Waals surface area contributed by atoms with E-state index in [9.17, 15) is 4.79 Å². The first-order valence-corrected chi connectivity index (χ1v) is 6.96. The summed E-state index contributed by atoms with van der Waals surface area (Å²) in [5.74, 6) is 1.04. The summed E-state index contributed by atoms with van der Waals surface area (Å²) < 4.78 is 5.67. The fraction of sp³-hybridized carbons (Fsp3) is 0.250. The summed E-state index contributed by atoms with van der Waals surface area (Å²) in [5.41, 5.74) is 6.64. The summed E-state index contributed by atoms with van der Waals surface area (Å²) in [6, 6.07) is 10.4. The molecule has 0 unspecified atom stereocenters. The standard InChI is InChI=1S/C16H19N3O2/c1-2-3-9-19-16(20)15-11-14(8-10-18-15)21-13-6-4-12(17)5-7-13/h4-8,10-11H,2-3,9,17H2,1H3,(H,19,20). The molecule has 3 N–H and O–H groups in total. The number of benzene rings is 1. The van der Waals surface area contributed by atoms with Crippen molar-refractivity contribution in [3.63, 3.8) is 0 Å². The van der Waals surface area contributed by atoms with Gasteiger partial charge in [-0.3, -0.25) is 9.78 Å². The zero-order chi connectivity index (χ0) is 15.1. The Bertz CT molecular complexity index is 597. The van der Waals surface area contributed by atoms with Crippen LogP contribution in [-0.2, 0) is 0 Å². The molecule has 0 atom stereocenters. The number of amides is 1. The van der Waals surface area contributed by atoms with Crippen LogP contribution in [0.2, 0.25) is 0 Å². The molecule has 0 spiro atoms. The van der Waals surface area contributed by atoms with Crippen molar-refractivity contribution in [2.75, 3.05) is 12.3 Å². The highest BCUT2D eigenvalue weighted by atomic mass is 16.5. The number of carbonyl (C=O) groups excluding carboxylic acids is 1. The van der Waals surface area contributed by atoms with E-state index in [-0.39, 0.29) is 5.91 Å². The Labute approximate surface area is 124 Å². The number of hydrogen-bond donors (Lipinski definition) is 2. The van der Waals surface area contributed by atoms with Crippen LogP contribution in [0.5, 0.6) is 11.5 Å². The monoisotopic (exact) mass is 285 g/mol. The van der Waals surface area contributed by atoms with Gasteiger partial charge in [0.15, 0.2) is 0 Å². The largest absolute Gasteiger partial charge is 0.457 e. The van der Waals surface area contributed by atoms with Gasteiger partial charge in [-0.05, 0) is 36.8 Å². The number of nitrogens with two attached hydrogens (primary N) is 1. The molecule has 5 nitrogen and oxygen atoms in total. The van der Waals surface area contributed by atoms with Gasteiger partial charge in [-0.1, -0.05) is 13.3 Å². The van der Waals surface area contributed by atoms with Crippen molar-refractivity contribution in [3.8, 4) is 11.5 Å². The third-order valence-electron chi connectivity index (χ3n) is 2.90. The SMILES string of the molecule is CCCCNC(=O)c1cc(Oc2ccc(N)cc2)ccn1. The average Bonchev–Trinajstić information content (AvgIpc) is 2.50. The lowest BCUT2D eigenvalue weighted by Crippen LogP contribution is -2.25. The molecule has 5 heteroatoms. The summed E-state index contributed by atoms with van der Waals surface area (Å²) in [7, 11) is 0. The highest BCUT2D eigenvalue weighted by molar-refractivity contribution is 5.92. The Hall–Kier alpha value is -2.56. The summed E-state index contributed by atoms with van der Waals surface area (Å²) >= 11 is 0. The van der Waals surface area contributed by atoms with Crippen molar-refractivity contribution in [1.82, 2.24) is 10.3 Å². The first-order chi connectivity index (χ1) is 10.2. The maximum Gasteiger partial charge on any atom is 0.270 e. The van der Waals surface area contributed by atoms with Crippen molar-refractivity contribution in [2.45, 2.75) is 19.8 Å². The Morgan fingerprint density at radius 2 is 2.00 bits per heavy atom. The summed E-state index contributed by atoms with van der Waals surface area (Å²) in [6.07, 6.45) is 3.54. The number of unbranched alkanes of at least 4 members (excludes halogenated alkanes) is 1. The molecule has 0 bridgehead atoms. The first kappa shape index (κ1) is 14.8. The second kappa shape index (κ2) is 7.28. The molecule has 1 amide bonds. The van der Waals surface area contributed by atoms with Crippen LogP contribution in [0.1, 0.15) is 30.3 Å². The van der Waals surface area contributed by atoms with Gasteiger partial charge < -0.3 is 15.8 Å². The molecule has 0 aliphatic carbocycles. The van der Waals surface area contributed by atoms with Crippen molar-refractivity contribution in [1.29, 1.82) is 0 Å². The Morgan fingerprint density at radius 1 is 1.24 bits per heavy atom. The van der Waals surface area contributed by atoms with E-state index in [1.165, 1.54) is 0 Å². The number of aromatic nitrogens is 1. The minimum absolute atomic E-state index is 0.189. The Balaban J connectivity index is 2.03. The van der Waals surface area contributed by atoms with Gasteiger partial charge in [0.1, 0.15) is 17.2 Å². The van der Waals surface area contributed by atoms with Crippen LogP contribution in [-0.4, -0.2) is 17.4 Å². The highest BCUT2D eigenvalue weighted by Gasteiger charge is 2.08. The van der Waals surface area contributed by atoms with Gasteiger partial charge in [0.25, 0.3) is 5.91 Å². The van der Waals surface area contributed by atoms with E-state index in [2.05, 4.69) is 17.2 Å². The number of ether oxygens (including phenoxy) is 1. The molecular weight excluding hydrogens is 266 g/mol. The lowest BCUT2D eigenvalue weighted by atomic mass is 10.3. The van der Waals surface area contributed by atoms with Crippen LogP contribution in [0.15, 0.2) is 42.6 Å². The predicted molar refractivity (Wildman–Crippen MR) is 82.4 cm³/mol. The van der Waals surface area contributed by atoms with Gasteiger partial charge in [0.05, 0.1) is 0 Å². The molecule has 1 aromatic carbocycles. The van der Waals surface area contributed by atoms with Crippen molar-refractivity contribution < 1.29 is 9.53 Å².